The lowest BCUT2D eigenvalue weighted by atomic mass is 10.2. The normalized spacial score (nSPS) is 11.0. The number of benzene rings is 2. The van der Waals surface area contributed by atoms with Crippen molar-refractivity contribution in [3.8, 4) is 5.75 Å². The SMILES string of the molecule is COc1ccc(/C=C/C(=O)Nc2cc(F)ccc2Sc2nccn2C)cc1F. The number of amides is 1. The average molecular weight is 401 g/mol. The van der Waals surface area contributed by atoms with Gasteiger partial charge in [0.25, 0.3) is 0 Å². The van der Waals surface area contributed by atoms with Gasteiger partial charge in [0.05, 0.1) is 12.8 Å². The lowest BCUT2D eigenvalue weighted by Gasteiger charge is -2.10. The number of methoxy groups -OCH3 is 1. The first kappa shape index (κ1) is 19.6. The molecule has 1 amide bonds. The molecule has 8 heteroatoms. The highest BCUT2D eigenvalue weighted by Crippen LogP contribution is 2.33. The lowest BCUT2D eigenvalue weighted by molar-refractivity contribution is -0.111. The monoisotopic (exact) mass is 401 g/mol. The van der Waals surface area contributed by atoms with Gasteiger partial charge >= 0.3 is 0 Å². The van der Waals surface area contributed by atoms with Gasteiger partial charge in [0.1, 0.15) is 5.82 Å². The molecular formula is C20H17F2N3O2S. The quantitative estimate of drug-likeness (QED) is 0.618. The van der Waals surface area contributed by atoms with Crippen LogP contribution >= 0.6 is 11.8 Å². The van der Waals surface area contributed by atoms with Gasteiger partial charge in [-0.3, -0.25) is 4.79 Å². The van der Waals surface area contributed by atoms with Crippen LogP contribution in [0.3, 0.4) is 0 Å². The molecule has 3 rings (SSSR count). The molecule has 0 radical (unpaired) electrons. The van der Waals surface area contributed by atoms with E-state index in [0.29, 0.717) is 21.3 Å². The van der Waals surface area contributed by atoms with Crippen LogP contribution < -0.4 is 10.1 Å². The maximum Gasteiger partial charge on any atom is 0.248 e. The van der Waals surface area contributed by atoms with E-state index in [0.717, 1.165) is 0 Å². The predicted molar refractivity (Wildman–Crippen MR) is 104 cm³/mol. The minimum Gasteiger partial charge on any atom is -0.494 e. The lowest BCUT2D eigenvalue weighted by Crippen LogP contribution is -2.09. The summed E-state index contributed by atoms with van der Waals surface area (Å²) in [5.41, 5.74) is 0.818. The van der Waals surface area contributed by atoms with Crippen LogP contribution in [0.4, 0.5) is 14.5 Å². The Morgan fingerprint density at radius 3 is 2.75 bits per heavy atom. The van der Waals surface area contributed by atoms with Crippen LogP contribution in [0.25, 0.3) is 6.08 Å². The van der Waals surface area contributed by atoms with E-state index in [1.54, 1.807) is 24.5 Å². The highest BCUT2D eigenvalue weighted by atomic mass is 32.2. The molecule has 0 aliphatic rings. The number of carbonyl (C=O) groups excluding carboxylic acids is 1. The van der Waals surface area contributed by atoms with Crippen molar-refractivity contribution in [2.24, 2.45) is 7.05 Å². The molecule has 0 unspecified atom stereocenters. The standard InChI is InChI=1S/C20H17F2N3O2S/c1-25-10-9-23-20(25)28-18-7-5-14(21)12-16(18)24-19(26)8-4-13-3-6-17(27-2)15(22)11-13/h3-12H,1-2H3,(H,24,26)/b8-4+. The van der Waals surface area contributed by atoms with Gasteiger partial charge in [0.2, 0.25) is 5.91 Å². The summed E-state index contributed by atoms with van der Waals surface area (Å²) in [6.07, 6.45) is 6.16. The Hall–Kier alpha value is -3.13. The van der Waals surface area contributed by atoms with Crippen molar-refractivity contribution in [3.63, 3.8) is 0 Å². The number of imidazole rings is 1. The van der Waals surface area contributed by atoms with E-state index in [4.69, 9.17) is 4.74 Å². The number of aromatic nitrogens is 2. The van der Waals surface area contributed by atoms with Crippen LogP contribution in [0.5, 0.6) is 5.75 Å². The Labute approximate surface area is 165 Å². The molecule has 0 saturated heterocycles. The molecule has 0 spiro atoms. The van der Waals surface area contributed by atoms with Crippen LogP contribution in [-0.2, 0) is 11.8 Å². The van der Waals surface area contributed by atoms with E-state index in [1.165, 1.54) is 55.3 Å². The molecule has 0 aliphatic heterocycles. The summed E-state index contributed by atoms with van der Waals surface area (Å²) in [7, 11) is 3.22. The molecular weight excluding hydrogens is 384 g/mol. The molecule has 5 nitrogen and oxygen atoms in total. The van der Waals surface area contributed by atoms with Crippen molar-refractivity contribution in [2.45, 2.75) is 10.1 Å². The number of hydrogen-bond acceptors (Lipinski definition) is 4. The van der Waals surface area contributed by atoms with Crippen molar-refractivity contribution in [1.29, 1.82) is 0 Å². The van der Waals surface area contributed by atoms with Crippen molar-refractivity contribution in [3.05, 3.63) is 72.1 Å². The van der Waals surface area contributed by atoms with Gasteiger partial charge in [0, 0.05) is 30.4 Å². The summed E-state index contributed by atoms with van der Waals surface area (Å²) >= 11 is 1.30. The zero-order valence-corrected chi connectivity index (χ0v) is 16.0. The van der Waals surface area contributed by atoms with E-state index in [9.17, 15) is 13.6 Å². The Morgan fingerprint density at radius 2 is 2.07 bits per heavy atom. The molecule has 0 aliphatic carbocycles. The minimum atomic E-state index is -0.524. The Balaban J connectivity index is 1.75. The van der Waals surface area contributed by atoms with Crippen molar-refractivity contribution >= 4 is 29.4 Å². The van der Waals surface area contributed by atoms with Gasteiger partial charge in [-0.15, -0.1) is 0 Å². The number of nitrogens with one attached hydrogen (secondary N) is 1. The number of ether oxygens (including phenoxy) is 1. The number of halogens is 2. The van der Waals surface area contributed by atoms with E-state index in [-0.39, 0.29) is 5.75 Å². The number of hydrogen-bond donors (Lipinski definition) is 1. The summed E-state index contributed by atoms with van der Waals surface area (Å²) in [6, 6.07) is 8.48. The summed E-state index contributed by atoms with van der Waals surface area (Å²) in [5, 5.41) is 3.35. The predicted octanol–water partition coefficient (Wildman–Crippen LogP) is 4.51. The van der Waals surface area contributed by atoms with Crippen LogP contribution in [0, 0.1) is 11.6 Å². The maximum absolute atomic E-state index is 13.7. The number of nitrogens with zero attached hydrogens (tertiary/aromatic N) is 2. The average Bonchev–Trinajstić information content (AvgIpc) is 3.07. The van der Waals surface area contributed by atoms with Gasteiger partial charge in [0.15, 0.2) is 16.7 Å². The van der Waals surface area contributed by atoms with Gasteiger partial charge in [-0.1, -0.05) is 6.07 Å². The van der Waals surface area contributed by atoms with Crippen molar-refractivity contribution < 1.29 is 18.3 Å². The van der Waals surface area contributed by atoms with Crippen molar-refractivity contribution in [1.82, 2.24) is 9.55 Å². The summed E-state index contributed by atoms with van der Waals surface area (Å²) in [6.45, 7) is 0. The van der Waals surface area contributed by atoms with E-state index >= 15 is 0 Å². The molecule has 0 fully saturated rings. The maximum atomic E-state index is 13.7. The first-order valence-electron chi connectivity index (χ1n) is 8.23. The molecule has 1 heterocycles. The fourth-order valence-corrected chi connectivity index (χ4v) is 3.24. The number of carbonyl (C=O) groups is 1. The fraction of sp³-hybridized carbons (Fsp3) is 0.100. The first-order valence-corrected chi connectivity index (χ1v) is 9.05. The third-order valence-electron chi connectivity index (χ3n) is 3.78. The van der Waals surface area contributed by atoms with E-state index in [2.05, 4.69) is 10.3 Å². The van der Waals surface area contributed by atoms with Crippen molar-refractivity contribution in [2.75, 3.05) is 12.4 Å². The molecule has 1 N–H and O–H groups in total. The zero-order chi connectivity index (χ0) is 20.1. The van der Waals surface area contributed by atoms with Crippen LogP contribution in [-0.4, -0.2) is 22.6 Å². The van der Waals surface area contributed by atoms with Gasteiger partial charge in [-0.05, 0) is 53.7 Å². The molecule has 0 saturated carbocycles. The molecule has 1 aromatic heterocycles. The Morgan fingerprint density at radius 1 is 1.25 bits per heavy atom. The topological polar surface area (TPSA) is 56.1 Å². The second-order valence-corrected chi connectivity index (χ2v) is 6.79. The van der Waals surface area contributed by atoms with Crippen LogP contribution in [0.2, 0.25) is 0 Å². The van der Waals surface area contributed by atoms with Gasteiger partial charge in [-0.2, -0.15) is 0 Å². The Kier molecular flexibility index (Phi) is 6.10. The highest BCUT2D eigenvalue weighted by Gasteiger charge is 2.11. The second-order valence-electron chi connectivity index (χ2n) is 5.78. The molecule has 144 valence electrons. The second kappa shape index (κ2) is 8.71. The fourth-order valence-electron chi connectivity index (χ4n) is 2.37. The highest BCUT2D eigenvalue weighted by molar-refractivity contribution is 7.99. The van der Waals surface area contributed by atoms with Gasteiger partial charge in [-0.25, -0.2) is 13.8 Å². The first-order chi connectivity index (χ1) is 13.5. The number of anilines is 1. The zero-order valence-electron chi connectivity index (χ0n) is 15.1. The summed E-state index contributed by atoms with van der Waals surface area (Å²) in [5.74, 6) is -1.34. The number of aryl methyl sites for hydroxylation is 1. The largest absolute Gasteiger partial charge is 0.494 e. The molecule has 28 heavy (non-hydrogen) atoms. The third kappa shape index (κ3) is 4.77. The third-order valence-corrected chi connectivity index (χ3v) is 4.93. The molecule has 2 aromatic carbocycles. The molecule has 0 bridgehead atoms. The summed E-state index contributed by atoms with van der Waals surface area (Å²) < 4.78 is 34.1. The van der Waals surface area contributed by atoms with Crippen LogP contribution in [0.15, 0.2) is 64.9 Å². The number of rotatable bonds is 6. The minimum absolute atomic E-state index is 0.123. The molecule has 0 atom stereocenters. The van der Waals surface area contributed by atoms with Crippen LogP contribution in [0.1, 0.15) is 5.56 Å². The van der Waals surface area contributed by atoms with Gasteiger partial charge < -0.3 is 14.6 Å². The van der Waals surface area contributed by atoms with E-state index in [1.807, 2.05) is 11.6 Å². The van der Waals surface area contributed by atoms with E-state index < -0.39 is 17.5 Å². The summed E-state index contributed by atoms with van der Waals surface area (Å²) in [4.78, 5) is 17.1. The Bertz CT molecular complexity index is 1030. The molecule has 3 aromatic rings. The smallest absolute Gasteiger partial charge is 0.248 e.